The number of rotatable bonds is 5. The zero-order valence-electron chi connectivity index (χ0n) is 13.3. The molecule has 1 unspecified atom stereocenters. The maximum absolute atomic E-state index is 11.7. The molecule has 3 aromatic carbocycles. The highest BCUT2D eigenvalue weighted by Crippen LogP contribution is 2.33. The van der Waals surface area contributed by atoms with E-state index in [2.05, 4.69) is 5.32 Å². The summed E-state index contributed by atoms with van der Waals surface area (Å²) in [6.07, 6.45) is 0. The molecule has 0 radical (unpaired) electrons. The maximum Gasteiger partial charge on any atom is 0.330 e. The lowest BCUT2D eigenvalue weighted by atomic mass is 10.0. The van der Waals surface area contributed by atoms with Gasteiger partial charge in [-0.1, -0.05) is 42.5 Å². The van der Waals surface area contributed by atoms with Crippen molar-refractivity contribution in [2.75, 3.05) is 5.32 Å². The van der Waals surface area contributed by atoms with Crippen LogP contribution in [-0.4, -0.2) is 29.2 Å². The van der Waals surface area contributed by atoms with E-state index in [-0.39, 0.29) is 21.9 Å². The number of anilines is 1. The molecule has 0 aliphatic rings. The smallest absolute Gasteiger partial charge is 0.330 e. The van der Waals surface area contributed by atoms with Gasteiger partial charge in [-0.3, -0.25) is 4.55 Å². The third-order valence-electron chi connectivity index (χ3n) is 3.93. The molecule has 3 rings (SSSR count). The first-order valence-electron chi connectivity index (χ1n) is 7.55. The normalized spacial score (nSPS) is 12.7. The first-order chi connectivity index (χ1) is 12.3. The average molecular weight is 373 g/mol. The Bertz CT molecular complexity index is 1090. The molecule has 0 spiro atoms. The number of carbonyl (C=O) groups is 1. The van der Waals surface area contributed by atoms with Crippen molar-refractivity contribution in [3.8, 4) is 5.75 Å². The minimum Gasteiger partial charge on any atom is -0.508 e. The van der Waals surface area contributed by atoms with Crippen LogP contribution in [0.25, 0.3) is 10.8 Å². The van der Waals surface area contributed by atoms with Crippen LogP contribution in [0.1, 0.15) is 11.6 Å². The van der Waals surface area contributed by atoms with Gasteiger partial charge in [0.15, 0.2) is 6.04 Å². The van der Waals surface area contributed by atoms with Gasteiger partial charge in [0.25, 0.3) is 10.1 Å². The van der Waals surface area contributed by atoms with Crippen LogP contribution in [0.5, 0.6) is 5.75 Å². The Kier molecular flexibility index (Phi) is 4.54. The summed E-state index contributed by atoms with van der Waals surface area (Å²) in [5.41, 5.74) is 0.327. The van der Waals surface area contributed by atoms with Gasteiger partial charge in [0.2, 0.25) is 0 Å². The van der Waals surface area contributed by atoms with Gasteiger partial charge < -0.3 is 15.5 Å². The van der Waals surface area contributed by atoms with Crippen molar-refractivity contribution in [2.24, 2.45) is 0 Å². The van der Waals surface area contributed by atoms with Gasteiger partial charge in [0.1, 0.15) is 5.75 Å². The molecule has 0 saturated carbocycles. The molecule has 0 aliphatic heterocycles. The number of fused-ring (bicyclic) bond motifs is 1. The fourth-order valence-electron chi connectivity index (χ4n) is 2.71. The number of aromatic hydroxyl groups is 1. The first kappa shape index (κ1) is 17.7. The first-order valence-corrected chi connectivity index (χ1v) is 8.99. The fourth-order valence-corrected chi connectivity index (χ4v) is 3.25. The number of phenolic OH excluding ortho intramolecular Hbond substituents is 1. The Morgan fingerprint density at radius 3 is 2.31 bits per heavy atom. The lowest BCUT2D eigenvalue weighted by Gasteiger charge is -2.19. The minimum atomic E-state index is -4.48. The zero-order chi connectivity index (χ0) is 18.9. The van der Waals surface area contributed by atoms with Gasteiger partial charge >= 0.3 is 5.97 Å². The number of benzene rings is 3. The summed E-state index contributed by atoms with van der Waals surface area (Å²) in [7, 11) is -4.48. The van der Waals surface area contributed by atoms with Crippen molar-refractivity contribution < 1.29 is 28.0 Å². The van der Waals surface area contributed by atoms with Crippen molar-refractivity contribution in [1.82, 2.24) is 0 Å². The van der Waals surface area contributed by atoms with Crippen LogP contribution in [0.2, 0.25) is 0 Å². The molecule has 3 aromatic rings. The molecule has 0 fully saturated rings. The van der Waals surface area contributed by atoms with E-state index in [1.54, 1.807) is 36.4 Å². The van der Waals surface area contributed by atoms with E-state index < -0.39 is 22.1 Å². The lowest BCUT2D eigenvalue weighted by Crippen LogP contribution is -2.21. The van der Waals surface area contributed by atoms with E-state index in [0.717, 1.165) is 6.07 Å². The molecule has 8 heteroatoms. The quantitative estimate of drug-likeness (QED) is 0.507. The highest BCUT2D eigenvalue weighted by molar-refractivity contribution is 7.85. The largest absolute Gasteiger partial charge is 0.508 e. The Balaban J connectivity index is 2.17. The summed E-state index contributed by atoms with van der Waals surface area (Å²) in [5.74, 6) is -1.46. The van der Waals surface area contributed by atoms with Crippen LogP contribution in [0.4, 0.5) is 5.69 Å². The molecule has 4 N–H and O–H groups in total. The van der Waals surface area contributed by atoms with E-state index >= 15 is 0 Å². The summed E-state index contributed by atoms with van der Waals surface area (Å²) < 4.78 is 32.5. The maximum atomic E-state index is 11.7. The second-order valence-electron chi connectivity index (χ2n) is 5.64. The van der Waals surface area contributed by atoms with Gasteiger partial charge in [0, 0.05) is 16.6 Å². The number of hydrogen-bond acceptors (Lipinski definition) is 5. The molecule has 134 valence electrons. The van der Waals surface area contributed by atoms with Crippen molar-refractivity contribution in [3.05, 3.63) is 66.2 Å². The van der Waals surface area contributed by atoms with E-state index in [4.69, 9.17) is 0 Å². The summed E-state index contributed by atoms with van der Waals surface area (Å²) in [5, 5.41) is 23.4. The number of para-hydroxylation sites is 1. The second-order valence-corrected chi connectivity index (χ2v) is 7.06. The second kappa shape index (κ2) is 6.66. The van der Waals surface area contributed by atoms with Crippen molar-refractivity contribution in [2.45, 2.75) is 10.9 Å². The molecule has 0 saturated heterocycles. The van der Waals surface area contributed by atoms with E-state index in [0.29, 0.717) is 10.8 Å². The third kappa shape index (κ3) is 3.46. The Morgan fingerprint density at radius 1 is 1.00 bits per heavy atom. The molecule has 0 aromatic heterocycles. The molecule has 1 atom stereocenters. The molecule has 0 heterocycles. The predicted molar refractivity (Wildman–Crippen MR) is 95.9 cm³/mol. The monoisotopic (exact) mass is 373 g/mol. The van der Waals surface area contributed by atoms with Gasteiger partial charge in [-0.05, 0) is 23.6 Å². The SMILES string of the molecule is O=C(O)C(Nc1cc(S(=O)(=O)O)cc2ccccc12)c1ccccc1O. The molecular formula is C18H15NO6S. The standard InChI is InChI=1S/C18H15NO6S/c20-16-8-4-3-7-14(16)17(18(21)22)19-15-10-12(26(23,24)25)9-11-5-1-2-6-13(11)15/h1-10,17,19-20H,(H,21,22)(H,23,24,25). The Hall–Kier alpha value is -3.10. The molecule has 0 aliphatic carbocycles. The van der Waals surface area contributed by atoms with Crippen LogP contribution < -0.4 is 5.32 Å². The fraction of sp³-hybridized carbons (Fsp3) is 0.0556. The summed E-state index contributed by atoms with van der Waals surface area (Å²) >= 11 is 0. The van der Waals surface area contributed by atoms with Crippen LogP contribution in [-0.2, 0) is 14.9 Å². The molecule has 0 amide bonds. The van der Waals surface area contributed by atoms with E-state index in [9.17, 15) is 28.0 Å². The number of hydrogen-bond donors (Lipinski definition) is 4. The van der Waals surface area contributed by atoms with Crippen LogP contribution in [0.15, 0.2) is 65.6 Å². The van der Waals surface area contributed by atoms with Gasteiger partial charge in [-0.2, -0.15) is 8.42 Å². The van der Waals surface area contributed by atoms with E-state index in [1.165, 1.54) is 18.2 Å². The Labute approximate surface area is 149 Å². The van der Waals surface area contributed by atoms with E-state index in [1.807, 2.05) is 0 Å². The number of nitrogens with one attached hydrogen (secondary N) is 1. The molecule has 0 bridgehead atoms. The highest BCUT2D eigenvalue weighted by atomic mass is 32.2. The highest BCUT2D eigenvalue weighted by Gasteiger charge is 2.24. The van der Waals surface area contributed by atoms with Crippen LogP contribution in [0, 0.1) is 0 Å². The van der Waals surface area contributed by atoms with Crippen molar-refractivity contribution >= 4 is 32.5 Å². The predicted octanol–water partition coefficient (Wildman–Crippen LogP) is 3.03. The summed E-state index contributed by atoms with van der Waals surface area (Å²) in [6, 6.07) is 13.8. The molecule has 26 heavy (non-hydrogen) atoms. The van der Waals surface area contributed by atoms with Gasteiger partial charge in [-0.25, -0.2) is 4.79 Å². The number of carboxylic acids is 1. The van der Waals surface area contributed by atoms with Crippen LogP contribution >= 0.6 is 0 Å². The van der Waals surface area contributed by atoms with Crippen LogP contribution in [0.3, 0.4) is 0 Å². The average Bonchev–Trinajstić information content (AvgIpc) is 2.59. The summed E-state index contributed by atoms with van der Waals surface area (Å²) in [6.45, 7) is 0. The summed E-state index contributed by atoms with van der Waals surface area (Å²) in [4.78, 5) is 11.4. The third-order valence-corrected chi connectivity index (χ3v) is 4.76. The topological polar surface area (TPSA) is 124 Å². The Morgan fingerprint density at radius 2 is 1.65 bits per heavy atom. The minimum absolute atomic E-state index is 0.126. The van der Waals surface area contributed by atoms with Gasteiger partial charge in [0.05, 0.1) is 4.90 Å². The molecular weight excluding hydrogens is 358 g/mol. The number of aliphatic carboxylic acids is 1. The number of carboxylic acid groups (broad SMARTS) is 1. The van der Waals surface area contributed by atoms with Gasteiger partial charge in [-0.15, -0.1) is 0 Å². The number of phenols is 1. The molecule has 7 nitrogen and oxygen atoms in total. The van der Waals surface area contributed by atoms with Crippen molar-refractivity contribution in [3.63, 3.8) is 0 Å². The lowest BCUT2D eigenvalue weighted by molar-refractivity contribution is -0.138. The zero-order valence-corrected chi connectivity index (χ0v) is 14.1. The van der Waals surface area contributed by atoms with Crippen molar-refractivity contribution in [1.29, 1.82) is 0 Å².